The molecule has 0 saturated carbocycles. The summed E-state index contributed by atoms with van der Waals surface area (Å²) in [4.78, 5) is 26.4. The van der Waals surface area contributed by atoms with E-state index in [1.807, 2.05) is 13.8 Å². The minimum atomic E-state index is -0.341. The lowest BCUT2D eigenvalue weighted by Gasteiger charge is -2.15. The van der Waals surface area contributed by atoms with Crippen LogP contribution in [0.2, 0.25) is 0 Å². The van der Waals surface area contributed by atoms with Crippen molar-refractivity contribution in [2.24, 2.45) is 0 Å². The van der Waals surface area contributed by atoms with Crippen molar-refractivity contribution in [3.63, 3.8) is 0 Å². The van der Waals surface area contributed by atoms with Crippen molar-refractivity contribution in [2.75, 3.05) is 13.2 Å². The van der Waals surface area contributed by atoms with E-state index in [-0.39, 0.29) is 23.6 Å². The van der Waals surface area contributed by atoms with Gasteiger partial charge in [-0.3, -0.25) is 14.5 Å². The van der Waals surface area contributed by atoms with Crippen molar-refractivity contribution in [3.05, 3.63) is 62.7 Å². The molecule has 8 heteroatoms. The number of benzene rings is 2. The van der Waals surface area contributed by atoms with Gasteiger partial charge in [0, 0.05) is 12.1 Å². The van der Waals surface area contributed by atoms with E-state index in [0.717, 1.165) is 24.6 Å². The van der Waals surface area contributed by atoms with Crippen molar-refractivity contribution in [2.45, 2.75) is 33.3 Å². The lowest BCUT2D eigenvalue weighted by Crippen LogP contribution is -2.29. The number of ether oxygens (including phenoxy) is 2. The molecule has 1 fully saturated rings. The summed E-state index contributed by atoms with van der Waals surface area (Å²) >= 11 is 4.42. The van der Waals surface area contributed by atoms with E-state index < -0.39 is 0 Å². The molecule has 5 nitrogen and oxygen atoms in total. The summed E-state index contributed by atoms with van der Waals surface area (Å²) in [7, 11) is 0. The van der Waals surface area contributed by atoms with Crippen molar-refractivity contribution in [1.29, 1.82) is 0 Å². The van der Waals surface area contributed by atoms with Gasteiger partial charge in [0.05, 0.1) is 16.0 Å². The molecule has 1 aliphatic rings. The van der Waals surface area contributed by atoms with Crippen LogP contribution in [0, 0.1) is 5.82 Å². The van der Waals surface area contributed by atoms with E-state index in [1.54, 1.807) is 36.4 Å². The highest BCUT2D eigenvalue weighted by molar-refractivity contribution is 9.10. The summed E-state index contributed by atoms with van der Waals surface area (Å²) in [6, 6.07) is 9.93. The molecule has 164 valence electrons. The molecule has 0 bridgehead atoms. The minimum Gasteiger partial charge on any atom is -0.490 e. The predicted molar refractivity (Wildman–Crippen MR) is 124 cm³/mol. The molecular formula is C23H23BrFNO4S. The number of carbonyl (C=O) groups excluding carboxylic acids is 2. The highest BCUT2D eigenvalue weighted by atomic mass is 79.9. The summed E-state index contributed by atoms with van der Waals surface area (Å²) in [6.45, 7) is 4.73. The summed E-state index contributed by atoms with van der Waals surface area (Å²) in [5.41, 5.74) is 1.12. The van der Waals surface area contributed by atoms with Gasteiger partial charge in [0.25, 0.3) is 11.1 Å². The number of rotatable bonds is 9. The third kappa shape index (κ3) is 5.68. The number of hydrogen-bond donors (Lipinski definition) is 0. The monoisotopic (exact) mass is 507 g/mol. The summed E-state index contributed by atoms with van der Waals surface area (Å²) in [5.74, 6) is 0.285. The van der Waals surface area contributed by atoms with Gasteiger partial charge in [-0.1, -0.05) is 31.5 Å². The van der Waals surface area contributed by atoms with Gasteiger partial charge in [0.1, 0.15) is 12.4 Å². The van der Waals surface area contributed by atoms with Crippen molar-refractivity contribution < 1.29 is 23.5 Å². The van der Waals surface area contributed by atoms with Crippen molar-refractivity contribution >= 4 is 44.9 Å². The Balaban J connectivity index is 1.84. The first-order chi connectivity index (χ1) is 14.9. The Morgan fingerprint density at radius 1 is 1.16 bits per heavy atom. The third-order valence-corrected chi connectivity index (χ3v) is 6.06. The minimum absolute atomic E-state index is 0.0427. The van der Waals surface area contributed by atoms with Crippen LogP contribution in [0.4, 0.5) is 9.18 Å². The maximum absolute atomic E-state index is 13.9. The average Bonchev–Trinajstić information content (AvgIpc) is 3.00. The Hall–Kier alpha value is -2.32. The normalized spacial score (nSPS) is 15.1. The third-order valence-electron chi connectivity index (χ3n) is 4.57. The standard InChI is InChI=1S/C23H23BrFNO4S/c1-3-5-10-26-22(27)20(31-23(26)28)13-15-11-17(24)21(19(12-15)29-4-2)30-14-16-8-6-7-9-18(16)25/h6-9,11-13H,3-5,10,14H2,1-2H3/b20-13-. The zero-order valence-corrected chi connectivity index (χ0v) is 19.7. The van der Waals surface area contributed by atoms with E-state index >= 15 is 0 Å². The number of hydrogen-bond acceptors (Lipinski definition) is 5. The van der Waals surface area contributed by atoms with Crippen LogP contribution < -0.4 is 9.47 Å². The number of carbonyl (C=O) groups is 2. The Kier molecular flexibility index (Phi) is 8.15. The molecule has 0 unspecified atom stereocenters. The van der Waals surface area contributed by atoms with Crippen LogP contribution in [0.25, 0.3) is 6.08 Å². The van der Waals surface area contributed by atoms with Crippen LogP contribution in [0.3, 0.4) is 0 Å². The maximum Gasteiger partial charge on any atom is 0.293 e. The predicted octanol–water partition coefficient (Wildman–Crippen LogP) is 6.40. The van der Waals surface area contributed by atoms with Crippen LogP contribution in [-0.2, 0) is 11.4 Å². The fourth-order valence-corrected chi connectivity index (χ4v) is 4.44. The Labute approximate surface area is 193 Å². The Bertz CT molecular complexity index is 1010. The molecule has 1 saturated heterocycles. The molecule has 1 heterocycles. The first-order valence-electron chi connectivity index (χ1n) is 10.0. The van der Waals surface area contributed by atoms with E-state index in [2.05, 4.69) is 15.9 Å². The average molecular weight is 508 g/mol. The maximum atomic E-state index is 13.9. The Morgan fingerprint density at radius 2 is 1.94 bits per heavy atom. The zero-order valence-electron chi connectivity index (χ0n) is 17.3. The number of halogens is 2. The molecule has 2 aromatic rings. The van der Waals surface area contributed by atoms with Crippen LogP contribution in [0.5, 0.6) is 11.5 Å². The molecule has 0 spiro atoms. The molecular weight excluding hydrogens is 485 g/mol. The van der Waals surface area contributed by atoms with Gasteiger partial charge in [-0.15, -0.1) is 0 Å². The first-order valence-corrected chi connectivity index (χ1v) is 11.6. The fourth-order valence-electron chi connectivity index (χ4n) is 3.00. The van der Waals surface area contributed by atoms with Crippen molar-refractivity contribution in [3.8, 4) is 11.5 Å². The van der Waals surface area contributed by atoms with E-state index in [9.17, 15) is 14.0 Å². The van der Waals surface area contributed by atoms with E-state index in [4.69, 9.17) is 9.47 Å². The highest BCUT2D eigenvalue weighted by Crippen LogP contribution is 2.39. The molecule has 0 radical (unpaired) electrons. The molecule has 2 aromatic carbocycles. The smallest absolute Gasteiger partial charge is 0.293 e. The van der Waals surface area contributed by atoms with E-state index in [0.29, 0.717) is 45.2 Å². The largest absolute Gasteiger partial charge is 0.490 e. The molecule has 3 rings (SSSR count). The molecule has 2 amide bonds. The second-order valence-corrected chi connectivity index (χ2v) is 8.68. The van der Waals surface area contributed by atoms with Gasteiger partial charge in [0.2, 0.25) is 0 Å². The lowest BCUT2D eigenvalue weighted by molar-refractivity contribution is -0.122. The second kappa shape index (κ2) is 10.8. The van der Waals surface area contributed by atoms with Gasteiger partial charge in [-0.2, -0.15) is 0 Å². The number of amides is 2. The van der Waals surface area contributed by atoms with Gasteiger partial charge >= 0.3 is 0 Å². The van der Waals surface area contributed by atoms with Gasteiger partial charge in [-0.05, 0) is 70.9 Å². The summed E-state index contributed by atoms with van der Waals surface area (Å²) in [5, 5.41) is -0.251. The van der Waals surface area contributed by atoms with Crippen LogP contribution in [0.15, 0.2) is 45.8 Å². The summed E-state index contributed by atoms with van der Waals surface area (Å²) in [6.07, 6.45) is 3.35. The molecule has 0 atom stereocenters. The molecule has 0 aliphatic carbocycles. The molecule has 0 aromatic heterocycles. The SMILES string of the molecule is CCCCN1C(=O)S/C(=C\c2cc(Br)c(OCc3ccccc3F)c(OCC)c2)C1=O. The lowest BCUT2D eigenvalue weighted by atomic mass is 10.1. The quantitative estimate of drug-likeness (QED) is 0.367. The van der Waals surface area contributed by atoms with Gasteiger partial charge in [0.15, 0.2) is 11.5 Å². The first kappa shape index (κ1) is 23.3. The fraction of sp³-hybridized carbons (Fsp3) is 0.304. The van der Waals surface area contributed by atoms with Crippen LogP contribution >= 0.6 is 27.7 Å². The van der Waals surface area contributed by atoms with Gasteiger partial charge in [-0.25, -0.2) is 4.39 Å². The topological polar surface area (TPSA) is 55.8 Å². The van der Waals surface area contributed by atoms with Gasteiger partial charge < -0.3 is 9.47 Å². The summed E-state index contributed by atoms with van der Waals surface area (Å²) < 4.78 is 26.1. The molecule has 31 heavy (non-hydrogen) atoms. The van der Waals surface area contributed by atoms with Crippen molar-refractivity contribution in [1.82, 2.24) is 4.90 Å². The number of imide groups is 1. The Morgan fingerprint density at radius 3 is 2.65 bits per heavy atom. The molecule has 1 aliphatic heterocycles. The number of nitrogens with zero attached hydrogens (tertiary/aromatic N) is 1. The van der Waals surface area contributed by atoms with E-state index in [1.165, 1.54) is 11.0 Å². The zero-order chi connectivity index (χ0) is 22.4. The van der Waals surface area contributed by atoms with Crippen LogP contribution in [-0.4, -0.2) is 29.2 Å². The molecule has 0 N–H and O–H groups in total. The highest BCUT2D eigenvalue weighted by Gasteiger charge is 2.34. The number of thioether (sulfide) groups is 1. The number of unbranched alkanes of at least 4 members (excludes halogenated alkanes) is 1. The second-order valence-electron chi connectivity index (χ2n) is 6.83. The van der Waals surface area contributed by atoms with Crippen LogP contribution in [0.1, 0.15) is 37.8 Å².